The number of carbonyl (C=O) groups is 7. The van der Waals surface area contributed by atoms with Crippen molar-refractivity contribution in [2.75, 3.05) is 0 Å². The molecule has 6 amide bonds. The molecule has 0 unspecified atom stereocenters. The number of carboxylic acid groups (broad SMARTS) is 1. The third-order valence-electron chi connectivity index (χ3n) is 12.1. The van der Waals surface area contributed by atoms with Gasteiger partial charge < -0.3 is 67.6 Å². The van der Waals surface area contributed by atoms with E-state index in [2.05, 4.69) is 31.9 Å². The molecule has 6 aromatic carbocycles. The van der Waals surface area contributed by atoms with Crippen molar-refractivity contribution in [3.05, 3.63) is 179 Å². The molecule has 0 aliphatic heterocycles. The predicted molar refractivity (Wildman–Crippen MR) is 276 cm³/mol. The molecule has 0 aromatic heterocycles. The van der Waals surface area contributed by atoms with Crippen LogP contribution in [0.2, 0.25) is 0 Å². The van der Waals surface area contributed by atoms with E-state index in [9.17, 15) is 69.3 Å². The van der Waals surface area contributed by atoms with Crippen molar-refractivity contribution < 1.29 is 69.3 Å². The summed E-state index contributed by atoms with van der Waals surface area (Å²) in [6.07, 6.45) is -1.17. The second-order valence-corrected chi connectivity index (χ2v) is 18.1. The molecule has 0 aliphatic carbocycles. The number of hydrogen-bond donors (Lipinski definition) is 13. The molecule has 0 saturated heterocycles. The minimum atomic E-state index is -1.54. The van der Waals surface area contributed by atoms with Crippen LogP contribution in [0.5, 0.6) is 34.5 Å². The molecule has 0 fully saturated rings. The predicted octanol–water partition coefficient (Wildman–Crippen LogP) is 2.69. The van der Waals surface area contributed by atoms with Gasteiger partial charge in [-0.05, 0) is 106 Å². The number of nitrogens with one attached hydrogen (secondary N) is 6. The first-order valence-electron chi connectivity index (χ1n) is 24.0. The van der Waals surface area contributed by atoms with Gasteiger partial charge >= 0.3 is 5.97 Å². The SMILES string of the molecule is CC(=O)N[C@@H](Cc1ccc(O)cc1)C(=O)N[C@@H](Cc1ccc(O)cc1)C(=O)N[C@@H](Cc1ccc(O)cc1)C(=O)N[C@@H](Cc1ccc(O)cc1)C(=O)N[C@@H](Cc1ccc(O)cc1)C(=O)N[C@@H](Cc1ccc(O)cc1)C(=O)O. The largest absolute Gasteiger partial charge is 0.508 e. The van der Waals surface area contributed by atoms with Crippen molar-refractivity contribution in [1.82, 2.24) is 31.9 Å². The Balaban J connectivity index is 1.32. The molecule has 6 rings (SSSR count). The summed E-state index contributed by atoms with van der Waals surface area (Å²) in [6, 6.07) is 25.7. The summed E-state index contributed by atoms with van der Waals surface area (Å²) in [5.41, 5.74) is 2.79. The van der Waals surface area contributed by atoms with E-state index < -0.39 is 77.7 Å². The molecule has 0 heterocycles. The molecule has 0 aliphatic rings. The van der Waals surface area contributed by atoms with E-state index in [0.29, 0.717) is 33.4 Å². The number of amides is 6. The highest BCUT2D eigenvalue weighted by Crippen LogP contribution is 2.19. The van der Waals surface area contributed by atoms with Crippen LogP contribution in [0.4, 0.5) is 0 Å². The first-order valence-corrected chi connectivity index (χ1v) is 24.0. The number of carboxylic acids is 1. The maximum absolute atomic E-state index is 14.8. The minimum Gasteiger partial charge on any atom is -0.508 e. The molecule has 0 saturated carbocycles. The quantitative estimate of drug-likeness (QED) is 0.0415. The van der Waals surface area contributed by atoms with E-state index in [1.54, 1.807) is 12.1 Å². The molecule has 396 valence electrons. The monoisotopic (exact) mass is 1040 g/mol. The number of phenols is 6. The lowest BCUT2D eigenvalue weighted by atomic mass is 9.99. The van der Waals surface area contributed by atoms with Gasteiger partial charge in [0.05, 0.1) is 0 Å². The number of carbonyl (C=O) groups excluding carboxylic acids is 6. The molecule has 20 heteroatoms. The summed E-state index contributed by atoms with van der Waals surface area (Å²) in [6.45, 7) is 1.21. The average molecular weight is 1040 g/mol. The number of phenolic OH excluding ortho intramolecular Hbond substituents is 6. The van der Waals surface area contributed by atoms with Crippen LogP contribution in [0.1, 0.15) is 40.3 Å². The number of aliphatic carboxylic acids is 1. The summed E-state index contributed by atoms with van der Waals surface area (Å²) < 4.78 is 0. The van der Waals surface area contributed by atoms with E-state index in [1.807, 2.05) is 0 Å². The highest BCUT2D eigenvalue weighted by atomic mass is 16.4. The van der Waals surface area contributed by atoms with Crippen LogP contribution in [0, 0.1) is 0 Å². The van der Waals surface area contributed by atoms with Gasteiger partial charge in [0.15, 0.2) is 0 Å². The summed E-state index contributed by atoms with van der Waals surface area (Å²) in [5, 5.41) is 85.7. The number of benzene rings is 6. The lowest BCUT2D eigenvalue weighted by Crippen LogP contribution is -2.60. The number of aromatic hydroxyl groups is 6. The maximum Gasteiger partial charge on any atom is 0.326 e. The first kappa shape index (κ1) is 55.7. The van der Waals surface area contributed by atoms with Crippen molar-refractivity contribution in [3.8, 4) is 34.5 Å². The lowest BCUT2D eigenvalue weighted by molar-refractivity contribution is -0.142. The molecule has 13 N–H and O–H groups in total. The fourth-order valence-corrected chi connectivity index (χ4v) is 8.06. The summed E-state index contributed by atoms with van der Waals surface area (Å²) in [5.74, 6) is -6.88. The molecular formula is C56H58N6O14. The summed E-state index contributed by atoms with van der Waals surface area (Å²) in [4.78, 5) is 97.2. The smallest absolute Gasteiger partial charge is 0.326 e. The van der Waals surface area contributed by atoms with Crippen LogP contribution in [0.15, 0.2) is 146 Å². The Morgan fingerprint density at radius 1 is 0.289 bits per heavy atom. The minimum absolute atomic E-state index is 0.0275. The second kappa shape index (κ2) is 26.4. The van der Waals surface area contributed by atoms with Crippen LogP contribution in [-0.2, 0) is 72.1 Å². The maximum atomic E-state index is 14.8. The normalized spacial score (nSPS) is 13.3. The van der Waals surface area contributed by atoms with Gasteiger partial charge in [-0.25, -0.2) is 4.79 Å². The van der Waals surface area contributed by atoms with Crippen molar-refractivity contribution in [2.24, 2.45) is 0 Å². The van der Waals surface area contributed by atoms with Gasteiger partial charge in [-0.15, -0.1) is 0 Å². The fourth-order valence-electron chi connectivity index (χ4n) is 8.06. The highest BCUT2D eigenvalue weighted by Gasteiger charge is 2.34. The first-order chi connectivity index (χ1) is 36.3. The zero-order chi connectivity index (χ0) is 54.9. The zero-order valence-electron chi connectivity index (χ0n) is 41.1. The second-order valence-electron chi connectivity index (χ2n) is 18.1. The Morgan fingerprint density at radius 2 is 0.447 bits per heavy atom. The molecule has 0 radical (unpaired) electrons. The Labute approximate surface area is 436 Å². The zero-order valence-corrected chi connectivity index (χ0v) is 41.1. The van der Waals surface area contributed by atoms with Crippen LogP contribution < -0.4 is 31.9 Å². The van der Waals surface area contributed by atoms with E-state index in [-0.39, 0.29) is 73.0 Å². The van der Waals surface area contributed by atoms with E-state index in [0.717, 1.165) is 0 Å². The van der Waals surface area contributed by atoms with Crippen molar-refractivity contribution >= 4 is 41.4 Å². The summed E-state index contributed by atoms with van der Waals surface area (Å²) >= 11 is 0. The Kier molecular flexibility index (Phi) is 19.3. The molecule has 76 heavy (non-hydrogen) atoms. The van der Waals surface area contributed by atoms with Crippen LogP contribution in [-0.4, -0.2) is 113 Å². The number of hydrogen-bond acceptors (Lipinski definition) is 13. The molecule has 6 atom stereocenters. The molecular weight excluding hydrogens is 981 g/mol. The van der Waals surface area contributed by atoms with Gasteiger partial charge in [0, 0.05) is 45.4 Å². The molecule has 6 aromatic rings. The van der Waals surface area contributed by atoms with Crippen LogP contribution in [0.3, 0.4) is 0 Å². The van der Waals surface area contributed by atoms with E-state index >= 15 is 0 Å². The molecule has 0 bridgehead atoms. The highest BCUT2D eigenvalue weighted by molar-refractivity contribution is 5.97. The van der Waals surface area contributed by atoms with Crippen molar-refractivity contribution in [1.29, 1.82) is 0 Å². The molecule has 20 nitrogen and oxygen atoms in total. The van der Waals surface area contributed by atoms with E-state index in [1.165, 1.54) is 140 Å². The van der Waals surface area contributed by atoms with Gasteiger partial charge in [-0.1, -0.05) is 72.8 Å². The van der Waals surface area contributed by atoms with Gasteiger partial charge in [0.2, 0.25) is 35.4 Å². The number of rotatable bonds is 24. The standard InChI is InChI=1S/C56H58N6O14/c1-32(63)57-45(26-33-2-14-39(64)15-3-33)51(70)58-46(27-34-4-16-40(65)17-5-34)52(71)59-47(28-35-6-18-41(66)19-7-35)53(72)60-48(29-36-8-20-42(67)21-9-36)54(73)61-49(30-37-10-22-43(68)23-11-37)55(74)62-50(56(75)76)31-38-12-24-44(69)25-13-38/h2-25,45-50,64-69H,26-31H2,1H3,(H,57,63)(H,58,70)(H,59,71)(H,60,72)(H,61,73)(H,62,74)(H,75,76)/t45-,46-,47-,48-,49-,50-/m0/s1. The lowest BCUT2D eigenvalue weighted by Gasteiger charge is -2.28. The fraction of sp³-hybridized carbons (Fsp3) is 0.232. The Bertz CT molecular complexity index is 2960. The van der Waals surface area contributed by atoms with Crippen LogP contribution >= 0.6 is 0 Å². The molecule has 0 spiro atoms. The van der Waals surface area contributed by atoms with Crippen molar-refractivity contribution in [3.63, 3.8) is 0 Å². The van der Waals surface area contributed by atoms with Gasteiger partial charge in [-0.3, -0.25) is 28.8 Å². The van der Waals surface area contributed by atoms with Gasteiger partial charge in [0.25, 0.3) is 0 Å². The van der Waals surface area contributed by atoms with Gasteiger partial charge in [-0.2, -0.15) is 0 Å². The topological polar surface area (TPSA) is 333 Å². The Hall–Kier alpha value is -9.59. The van der Waals surface area contributed by atoms with Crippen molar-refractivity contribution in [2.45, 2.75) is 81.7 Å². The van der Waals surface area contributed by atoms with Gasteiger partial charge in [0.1, 0.15) is 70.7 Å². The van der Waals surface area contributed by atoms with Crippen LogP contribution in [0.25, 0.3) is 0 Å². The third-order valence-corrected chi connectivity index (χ3v) is 12.1. The average Bonchev–Trinajstić information content (AvgIpc) is 3.38. The van der Waals surface area contributed by atoms with E-state index in [4.69, 9.17) is 0 Å². The third kappa shape index (κ3) is 17.3. The Morgan fingerprint density at radius 3 is 0.618 bits per heavy atom. The summed E-state index contributed by atoms with van der Waals surface area (Å²) in [7, 11) is 0.